The Kier molecular flexibility index (Phi) is 7.75. The predicted molar refractivity (Wildman–Crippen MR) is 149 cm³/mol. The zero-order chi connectivity index (χ0) is 25.8. The molecule has 0 spiro atoms. The lowest BCUT2D eigenvalue weighted by molar-refractivity contribution is -0.0841. The maximum atomic E-state index is 13.2. The summed E-state index contributed by atoms with van der Waals surface area (Å²) in [7, 11) is 0. The number of hydrogen-bond donors (Lipinski definition) is 0. The van der Waals surface area contributed by atoms with Crippen molar-refractivity contribution >= 4 is 27.5 Å². The first-order valence-electron chi connectivity index (χ1n) is 12.9. The zero-order valence-electron chi connectivity index (χ0n) is 21.2. The average Bonchev–Trinajstić information content (AvgIpc) is 3.34. The number of carbonyl (C=O) groups excluding carboxylic acids is 1. The monoisotopic (exact) mass is 558 g/mol. The first-order valence-corrected chi connectivity index (χ1v) is 13.7. The largest absolute Gasteiger partial charge is 0.423 e. The number of allylic oxidation sites excluding steroid dienone is 2. The van der Waals surface area contributed by atoms with Crippen LogP contribution >= 0.6 is 15.9 Å². The van der Waals surface area contributed by atoms with Gasteiger partial charge in [0.15, 0.2) is 6.29 Å². The molecule has 1 aliphatic heterocycles. The van der Waals surface area contributed by atoms with Crippen LogP contribution in [0.15, 0.2) is 107 Å². The maximum Gasteiger partial charge on any atom is 0.343 e. The highest BCUT2D eigenvalue weighted by Crippen LogP contribution is 2.51. The Morgan fingerprint density at radius 2 is 1.59 bits per heavy atom. The van der Waals surface area contributed by atoms with Crippen molar-refractivity contribution in [3.8, 4) is 0 Å². The minimum atomic E-state index is -0.761. The first-order chi connectivity index (χ1) is 18.0. The summed E-state index contributed by atoms with van der Waals surface area (Å²) in [6, 6.07) is 27.5. The molecule has 190 valence electrons. The van der Waals surface area contributed by atoms with E-state index in [4.69, 9.17) is 14.2 Å². The smallest absolute Gasteiger partial charge is 0.343 e. The molecule has 2 aliphatic rings. The molecule has 1 aliphatic carbocycles. The van der Waals surface area contributed by atoms with Crippen LogP contribution in [0.5, 0.6) is 0 Å². The van der Waals surface area contributed by atoms with Gasteiger partial charge in [0.05, 0.1) is 11.7 Å². The summed E-state index contributed by atoms with van der Waals surface area (Å²) < 4.78 is 20.3. The highest BCUT2D eigenvalue weighted by molar-refractivity contribution is 9.10. The Morgan fingerprint density at radius 1 is 0.919 bits per heavy atom. The van der Waals surface area contributed by atoms with Crippen molar-refractivity contribution in [3.05, 3.63) is 124 Å². The van der Waals surface area contributed by atoms with Crippen LogP contribution in [0.3, 0.4) is 0 Å². The van der Waals surface area contributed by atoms with Crippen LogP contribution in [-0.2, 0) is 19.8 Å². The van der Waals surface area contributed by atoms with E-state index in [1.54, 1.807) is 12.1 Å². The lowest BCUT2D eigenvalue weighted by Crippen LogP contribution is -2.39. The molecule has 37 heavy (non-hydrogen) atoms. The van der Waals surface area contributed by atoms with Crippen molar-refractivity contribution in [2.75, 3.05) is 0 Å². The molecule has 4 nitrogen and oxygen atoms in total. The minimum Gasteiger partial charge on any atom is -0.423 e. The lowest BCUT2D eigenvalue weighted by atomic mass is 9.75. The van der Waals surface area contributed by atoms with Gasteiger partial charge in [0.1, 0.15) is 11.4 Å². The SMILES string of the molecule is CC[C@H]1O[C@@H](CC)[C@](C2=CC(OC(=O)c3ccccc3)=C(c3ccccc3)CC2)(c2ccc(Br)cc2)O1. The molecule has 1 fully saturated rings. The van der Waals surface area contributed by atoms with Gasteiger partial charge in [-0.2, -0.15) is 0 Å². The van der Waals surface area contributed by atoms with Crippen molar-refractivity contribution < 1.29 is 19.0 Å². The van der Waals surface area contributed by atoms with Crippen LogP contribution in [0, 0.1) is 0 Å². The predicted octanol–water partition coefficient (Wildman–Crippen LogP) is 8.19. The number of ether oxygens (including phenoxy) is 3. The Hall–Kier alpha value is -2.99. The van der Waals surface area contributed by atoms with Crippen LogP contribution in [0.25, 0.3) is 5.57 Å². The second-order valence-corrected chi connectivity index (χ2v) is 10.3. The van der Waals surface area contributed by atoms with Crippen LogP contribution in [0.4, 0.5) is 0 Å². The number of carbonyl (C=O) groups is 1. The second-order valence-electron chi connectivity index (χ2n) is 9.37. The molecule has 1 heterocycles. The average molecular weight is 560 g/mol. The van der Waals surface area contributed by atoms with Crippen LogP contribution in [-0.4, -0.2) is 18.4 Å². The Morgan fingerprint density at radius 3 is 2.24 bits per heavy atom. The number of rotatable bonds is 7. The highest BCUT2D eigenvalue weighted by Gasteiger charge is 2.52. The summed E-state index contributed by atoms with van der Waals surface area (Å²) in [4.78, 5) is 13.2. The van der Waals surface area contributed by atoms with E-state index in [9.17, 15) is 4.79 Å². The van der Waals surface area contributed by atoms with E-state index in [-0.39, 0.29) is 18.4 Å². The molecular formula is C32H31BrO4. The van der Waals surface area contributed by atoms with E-state index in [1.165, 1.54) is 0 Å². The van der Waals surface area contributed by atoms with E-state index < -0.39 is 5.60 Å². The van der Waals surface area contributed by atoms with Crippen LogP contribution < -0.4 is 0 Å². The molecule has 0 radical (unpaired) electrons. The third kappa shape index (κ3) is 5.08. The van der Waals surface area contributed by atoms with E-state index >= 15 is 0 Å². The third-order valence-electron chi connectivity index (χ3n) is 7.12. The van der Waals surface area contributed by atoms with E-state index in [2.05, 4.69) is 54.0 Å². The fourth-order valence-corrected chi connectivity index (χ4v) is 5.58. The quantitative estimate of drug-likeness (QED) is 0.274. The number of esters is 1. The summed E-state index contributed by atoms with van der Waals surface area (Å²) in [6.07, 6.45) is 4.60. The normalized spacial score (nSPS) is 23.6. The number of benzene rings is 3. The van der Waals surface area contributed by atoms with Gasteiger partial charge in [0, 0.05) is 10.0 Å². The zero-order valence-corrected chi connectivity index (χ0v) is 22.7. The van der Waals surface area contributed by atoms with Gasteiger partial charge in [0.25, 0.3) is 0 Å². The van der Waals surface area contributed by atoms with Crippen molar-refractivity contribution in [1.82, 2.24) is 0 Å². The molecule has 1 saturated heterocycles. The second kappa shape index (κ2) is 11.2. The molecule has 3 aromatic carbocycles. The molecule has 0 unspecified atom stereocenters. The molecule has 0 bridgehead atoms. The summed E-state index contributed by atoms with van der Waals surface area (Å²) >= 11 is 3.57. The van der Waals surface area contributed by atoms with Gasteiger partial charge in [-0.1, -0.05) is 90.4 Å². The Labute approximate surface area is 227 Å². The molecule has 5 heteroatoms. The molecular weight excluding hydrogens is 528 g/mol. The van der Waals surface area contributed by atoms with Crippen molar-refractivity contribution in [2.24, 2.45) is 0 Å². The van der Waals surface area contributed by atoms with Gasteiger partial charge >= 0.3 is 5.97 Å². The fourth-order valence-electron chi connectivity index (χ4n) is 5.32. The molecule has 0 aromatic heterocycles. The fraction of sp³-hybridized carbons (Fsp3) is 0.281. The van der Waals surface area contributed by atoms with Crippen LogP contribution in [0.2, 0.25) is 0 Å². The van der Waals surface area contributed by atoms with Crippen LogP contribution in [0.1, 0.15) is 61.0 Å². The standard InChI is InChI=1S/C32H31BrO4/c1-3-29-32(37-30(4-2)36-29,24-15-18-26(33)19-16-24)25-17-20-27(22-11-7-5-8-12-22)28(21-25)35-31(34)23-13-9-6-10-14-23/h5-16,18-19,21,29-30H,3-4,17,20H2,1-2H3/t29-,30-,32+/m0/s1. The summed E-state index contributed by atoms with van der Waals surface area (Å²) in [6.45, 7) is 4.20. The van der Waals surface area contributed by atoms with Gasteiger partial charge in [-0.05, 0) is 72.7 Å². The topological polar surface area (TPSA) is 44.8 Å². The maximum absolute atomic E-state index is 13.2. The summed E-state index contributed by atoms with van der Waals surface area (Å²) in [5.41, 5.74) is 3.92. The molecule has 3 atom stereocenters. The molecule has 0 N–H and O–H groups in total. The Bertz CT molecular complexity index is 1300. The van der Waals surface area contributed by atoms with Crippen molar-refractivity contribution in [2.45, 2.75) is 57.5 Å². The summed E-state index contributed by atoms with van der Waals surface area (Å²) in [5.74, 6) is 0.192. The van der Waals surface area contributed by atoms with Gasteiger partial charge < -0.3 is 14.2 Å². The third-order valence-corrected chi connectivity index (χ3v) is 7.65. The van der Waals surface area contributed by atoms with Gasteiger partial charge in [-0.3, -0.25) is 0 Å². The van der Waals surface area contributed by atoms with Gasteiger partial charge in [0.2, 0.25) is 0 Å². The molecule has 0 amide bonds. The first kappa shape index (κ1) is 25.7. The number of halogens is 1. The number of hydrogen-bond acceptors (Lipinski definition) is 4. The Balaban J connectivity index is 1.64. The molecule has 5 rings (SSSR count). The molecule has 3 aromatic rings. The highest BCUT2D eigenvalue weighted by atomic mass is 79.9. The summed E-state index contributed by atoms with van der Waals surface area (Å²) in [5, 5.41) is 0. The van der Waals surface area contributed by atoms with Crippen molar-refractivity contribution in [1.29, 1.82) is 0 Å². The lowest BCUT2D eigenvalue weighted by Gasteiger charge is -2.37. The minimum absolute atomic E-state index is 0.158. The van der Waals surface area contributed by atoms with Crippen molar-refractivity contribution in [3.63, 3.8) is 0 Å². The van der Waals surface area contributed by atoms with Gasteiger partial charge in [-0.15, -0.1) is 0 Å². The van der Waals surface area contributed by atoms with E-state index in [1.807, 2.05) is 54.6 Å². The molecule has 0 saturated carbocycles. The van der Waals surface area contributed by atoms with E-state index in [0.717, 1.165) is 52.4 Å². The van der Waals surface area contributed by atoms with E-state index in [0.29, 0.717) is 11.3 Å². The van der Waals surface area contributed by atoms with Gasteiger partial charge in [-0.25, -0.2) is 4.79 Å².